The van der Waals surface area contributed by atoms with Crippen LogP contribution < -0.4 is 10.6 Å². The molecule has 7 heteroatoms. The number of unbranched alkanes of at least 4 members (excludes halogenated alkanes) is 2. The molecule has 208 valence electrons. The van der Waals surface area contributed by atoms with Crippen LogP contribution in [0.15, 0.2) is 18.2 Å². The van der Waals surface area contributed by atoms with Crippen molar-refractivity contribution in [1.29, 1.82) is 0 Å². The van der Waals surface area contributed by atoms with Gasteiger partial charge in [0.1, 0.15) is 17.7 Å². The molecule has 1 aliphatic carbocycles. The van der Waals surface area contributed by atoms with E-state index in [9.17, 15) is 14.4 Å². The average Bonchev–Trinajstić information content (AvgIpc) is 3.50. The number of alkyl carbamates (subject to hydrolysis) is 1. The summed E-state index contributed by atoms with van der Waals surface area (Å²) in [4.78, 5) is 42.5. The van der Waals surface area contributed by atoms with Gasteiger partial charge in [-0.2, -0.15) is 0 Å². The Hall–Kier alpha value is -2.57. The zero-order valence-corrected chi connectivity index (χ0v) is 24.4. The molecule has 1 fully saturated rings. The number of aryl methyl sites for hydroxylation is 1. The Bertz CT molecular complexity index is 937. The normalized spacial score (nSPS) is 18.6. The molecule has 1 aliphatic rings. The third-order valence-corrected chi connectivity index (χ3v) is 6.92. The number of nitrogens with zero attached hydrogens (tertiary/aromatic N) is 1. The zero-order valence-electron chi connectivity index (χ0n) is 24.4. The van der Waals surface area contributed by atoms with Gasteiger partial charge < -0.3 is 20.3 Å². The highest BCUT2D eigenvalue weighted by atomic mass is 16.6. The number of carbonyl (C=O) groups excluding carboxylic acids is 3. The van der Waals surface area contributed by atoms with E-state index in [1.807, 2.05) is 45.9 Å². The Balaban J connectivity index is 2.49. The van der Waals surface area contributed by atoms with Gasteiger partial charge in [0.2, 0.25) is 11.8 Å². The quantitative estimate of drug-likeness (QED) is 0.343. The first-order chi connectivity index (χ1) is 17.3. The maximum Gasteiger partial charge on any atom is 0.408 e. The summed E-state index contributed by atoms with van der Waals surface area (Å²) in [7, 11) is 0. The number of hydrogen-bond donors (Lipinski definition) is 2. The van der Waals surface area contributed by atoms with Crippen LogP contribution in [0.5, 0.6) is 0 Å². The SMILES string of the molecule is CCCCCNC(=O)C(c1cccc(C)c1C)N(C(=O)C(CC(C)C)NC(=O)OC(C)(C)C)C1CC1C. The van der Waals surface area contributed by atoms with Crippen molar-refractivity contribution in [2.24, 2.45) is 11.8 Å². The lowest BCUT2D eigenvalue weighted by Gasteiger charge is -2.36. The Morgan fingerprint density at radius 3 is 2.32 bits per heavy atom. The average molecular weight is 516 g/mol. The molecule has 7 nitrogen and oxygen atoms in total. The van der Waals surface area contributed by atoms with Crippen LogP contribution in [0.2, 0.25) is 0 Å². The summed E-state index contributed by atoms with van der Waals surface area (Å²) in [5, 5.41) is 5.93. The first-order valence-corrected chi connectivity index (χ1v) is 13.9. The van der Waals surface area contributed by atoms with E-state index in [2.05, 4.69) is 24.5 Å². The molecule has 0 saturated heterocycles. The fraction of sp³-hybridized carbons (Fsp3) is 0.700. The minimum Gasteiger partial charge on any atom is -0.444 e. The lowest BCUT2D eigenvalue weighted by molar-refractivity contribution is -0.143. The third kappa shape index (κ3) is 9.04. The highest BCUT2D eigenvalue weighted by Crippen LogP contribution is 2.41. The molecule has 3 amide bonds. The minimum absolute atomic E-state index is 0.0612. The number of carbonyl (C=O) groups is 3. The summed E-state index contributed by atoms with van der Waals surface area (Å²) in [6.07, 6.45) is 3.65. The van der Waals surface area contributed by atoms with Crippen LogP contribution in [-0.2, 0) is 14.3 Å². The Morgan fingerprint density at radius 1 is 1.14 bits per heavy atom. The smallest absolute Gasteiger partial charge is 0.408 e. The lowest BCUT2D eigenvalue weighted by Crippen LogP contribution is -2.54. The Kier molecular flexibility index (Phi) is 11.0. The van der Waals surface area contributed by atoms with E-state index >= 15 is 0 Å². The number of hydrogen-bond acceptors (Lipinski definition) is 4. The van der Waals surface area contributed by atoms with Gasteiger partial charge >= 0.3 is 6.09 Å². The van der Waals surface area contributed by atoms with E-state index in [1.165, 1.54) is 0 Å². The van der Waals surface area contributed by atoms with Crippen LogP contribution >= 0.6 is 0 Å². The molecule has 2 rings (SSSR count). The Morgan fingerprint density at radius 2 is 1.78 bits per heavy atom. The van der Waals surface area contributed by atoms with Crippen LogP contribution in [0.25, 0.3) is 0 Å². The third-order valence-electron chi connectivity index (χ3n) is 6.92. The number of amides is 3. The number of rotatable bonds is 12. The van der Waals surface area contributed by atoms with Crippen molar-refractivity contribution in [3.05, 3.63) is 34.9 Å². The van der Waals surface area contributed by atoms with Crippen LogP contribution in [0.1, 0.15) is 103 Å². The van der Waals surface area contributed by atoms with E-state index in [0.29, 0.717) is 13.0 Å². The van der Waals surface area contributed by atoms with E-state index in [4.69, 9.17) is 4.74 Å². The first kappa shape index (κ1) is 30.7. The second-order valence-corrected chi connectivity index (χ2v) is 12.0. The standard InChI is InChI=1S/C30H49N3O4/c1-10-11-12-16-31-27(34)26(23-15-13-14-20(4)22(23)6)33(25-18-21(25)5)28(35)24(17-19(2)3)32-29(36)37-30(7,8)9/h13-15,19,21,24-26H,10-12,16-18H2,1-9H3,(H,31,34)(H,32,36). The lowest BCUT2D eigenvalue weighted by atomic mass is 9.94. The van der Waals surface area contributed by atoms with Gasteiger partial charge in [-0.3, -0.25) is 9.59 Å². The van der Waals surface area contributed by atoms with Crippen LogP contribution in [0.3, 0.4) is 0 Å². The molecule has 0 aliphatic heterocycles. The summed E-state index contributed by atoms with van der Waals surface area (Å²) < 4.78 is 5.48. The molecule has 1 aromatic carbocycles. The summed E-state index contributed by atoms with van der Waals surface area (Å²) in [5.74, 6) is 0.0383. The molecule has 2 N–H and O–H groups in total. The second kappa shape index (κ2) is 13.3. The molecular formula is C30H49N3O4. The summed E-state index contributed by atoms with van der Waals surface area (Å²) in [5.41, 5.74) is 2.23. The van der Waals surface area contributed by atoms with Gasteiger partial charge in [0.25, 0.3) is 0 Å². The molecule has 0 aromatic heterocycles. The van der Waals surface area contributed by atoms with Gasteiger partial charge in [-0.1, -0.05) is 58.7 Å². The first-order valence-electron chi connectivity index (χ1n) is 13.9. The van der Waals surface area contributed by atoms with Crippen molar-refractivity contribution in [2.45, 2.75) is 118 Å². The highest BCUT2D eigenvalue weighted by Gasteiger charge is 2.48. The molecular weight excluding hydrogens is 466 g/mol. The van der Waals surface area contributed by atoms with E-state index in [0.717, 1.165) is 42.4 Å². The monoisotopic (exact) mass is 515 g/mol. The molecule has 4 unspecified atom stereocenters. The minimum atomic E-state index is -0.789. The van der Waals surface area contributed by atoms with Gasteiger partial charge in [-0.15, -0.1) is 0 Å². The van der Waals surface area contributed by atoms with Crippen molar-refractivity contribution < 1.29 is 19.1 Å². The van der Waals surface area contributed by atoms with Gasteiger partial charge in [-0.05, 0) is 82.4 Å². The van der Waals surface area contributed by atoms with E-state index in [-0.39, 0.29) is 29.7 Å². The van der Waals surface area contributed by atoms with E-state index in [1.54, 1.807) is 25.7 Å². The zero-order chi connectivity index (χ0) is 27.9. The fourth-order valence-electron chi connectivity index (χ4n) is 4.67. The predicted molar refractivity (Wildman–Crippen MR) is 148 cm³/mol. The molecule has 1 saturated carbocycles. The molecule has 1 aromatic rings. The largest absolute Gasteiger partial charge is 0.444 e. The maximum absolute atomic E-state index is 14.3. The molecule has 0 heterocycles. The second-order valence-electron chi connectivity index (χ2n) is 12.0. The highest BCUT2D eigenvalue weighted by molar-refractivity contribution is 5.93. The van der Waals surface area contributed by atoms with Gasteiger partial charge in [-0.25, -0.2) is 4.79 Å². The number of ether oxygens (including phenoxy) is 1. The molecule has 0 spiro atoms. The topological polar surface area (TPSA) is 87.7 Å². The molecule has 37 heavy (non-hydrogen) atoms. The number of benzene rings is 1. The van der Waals surface area contributed by atoms with Crippen molar-refractivity contribution in [1.82, 2.24) is 15.5 Å². The number of nitrogens with one attached hydrogen (secondary N) is 2. The van der Waals surface area contributed by atoms with Gasteiger partial charge in [0, 0.05) is 12.6 Å². The van der Waals surface area contributed by atoms with E-state index < -0.39 is 23.8 Å². The van der Waals surface area contributed by atoms with Crippen LogP contribution in [0, 0.1) is 25.7 Å². The van der Waals surface area contributed by atoms with Crippen LogP contribution in [0.4, 0.5) is 4.79 Å². The molecule has 0 bridgehead atoms. The Labute approximate surface area is 224 Å². The van der Waals surface area contributed by atoms with Crippen molar-refractivity contribution in [3.8, 4) is 0 Å². The fourth-order valence-corrected chi connectivity index (χ4v) is 4.67. The molecule has 4 atom stereocenters. The van der Waals surface area contributed by atoms with Gasteiger partial charge in [0.05, 0.1) is 0 Å². The van der Waals surface area contributed by atoms with Crippen molar-refractivity contribution in [3.63, 3.8) is 0 Å². The summed E-state index contributed by atoms with van der Waals surface area (Å²) >= 11 is 0. The van der Waals surface area contributed by atoms with Crippen molar-refractivity contribution >= 4 is 17.9 Å². The molecule has 0 radical (unpaired) electrons. The summed E-state index contributed by atoms with van der Waals surface area (Å²) in [6, 6.07) is 4.30. The predicted octanol–water partition coefficient (Wildman–Crippen LogP) is 5.83. The maximum atomic E-state index is 14.3. The summed E-state index contributed by atoms with van der Waals surface area (Å²) in [6.45, 7) is 18.2. The van der Waals surface area contributed by atoms with Crippen molar-refractivity contribution in [2.75, 3.05) is 6.54 Å². The van der Waals surface area contributed by atoms with Crippen LogP contribution in [-0.4, -0.2) is 47.0 Å². The van der Waals surface area contributed by atoms with Gasteiger partial charge in [0.15, 0.2) is 0 Å².